The smallest absolute Gasteiger partial charge is 0.416 e. The summed E-state index contributed by atoms with van der Waals surface area (Å²) >= 11 is 1.28. The highest BCUT2D eigenvalue weighted by Crippen LogP contribution is 2.33. The molecule has 0 unspecified atom stereocenters. The third-order valence-corrected chi connectivity index (χ3v) is 8.64. The molecule has 0 bridgehead atoms. The number of halogens is 3. The first-order valence-corrected chi connectivity index (χ1v) is 13.4. The zero-order valence-electron chi connectivity index (χ0n) is 19.1. The molecule has 35 heavy (non-hydrogen) atoms. The van der Waals surface area contributed by atoms with Crippen molar-refractivity contribution in [2.24, 2.45) is 0 Å². The third-order valence-electron chi connectivity index (χ3n) is 5.54. The molecule has 0 saturated heterocycles. The van der Waals surface area contributed by atoms with Crippen molar-refractivity contribution in [1.82, 2.24) is 13.9 Å². The Kier molecular flexibility index (Phi) is 7.30. The number of nitrogens with zero attached hydrogens (tertiary/aromatic N) is 3. The number of hydrogen-bond acceptors (Lipinski definition) is 5. The molecule has 2 aromatic carbocycles. The number of alkyl halides is 3. The molecule has 186 valence electrons. The molecule has 4 rings (SSSR count). The van der Waals surface area contributed by atoms with Gasteiger partial charge in [-0.1, -0.05) is 43.8 Å². The highest BCUT2D eigenvalue weighted by atomic mass is 32.2. The van der Waals surface area contributed by atoms with E-state index in [4.69, 9.17) is 4.42 Å². The van der Waals surface area contributed by atoms with E-state index in [0.29, 0.717) is 47.1 Å². The monoisotopic (exact) mass is 523 g/mol. The summed E-state index contributed by atoms with van der Waals surface area (Å²) in [4.78, 5) is 4.79. The minimum absolute atomic E-state index is 0.144. The molecule has 0 aliphatic heterocycles. The predicted octanol–water partition coefficient (Wildman–Crippen LogP) is 6.02. The second-order valence-electron chi connectivity index (χ2n) is 7.79. The maximum absolute atomic E-state index is 13.1. The second-order valence-corrected chi connectivity index (χ2v) is 10.7. The number of fused-ring (bicyclic) bond motifs is 1. The van der Waals surface area contributed by atoms with Crippen LogP contribution < -0.4 is 0 Å². The van der Waals surface area contributed by atoms with Crippen LogP contribution in [0.1, 0.15) is 30.7 Å². The van der Waals surface area contributed by atoms with Gasteiger partial charge in [-0.15, -0.1) is 0 Å². The van der Waals surface area contributed by atoms with E-state index >= 15 is 0 Å². The first-order chi connectivity index (χ1) is 16.6. The van der Waals surface area contributed by atoms with Crippen LogP contribution in [0, 0.1) is 0 Å². The fourth-order valence-electron chi connectivity index (χ4n) is 3.77. The van der Waals surface area contributed by atoms with E-state index in [2.05, 4.69) is 4.98 Å². The Labute approximate surface area is 205 Å². The summed E-state index contributed by atoms with van der Waals surface area (Å²) < 4.78 is 74.0. The van der Waals surface area contributed by atoms with Gasteiger partial charge in [-0.25, -0.2) is 13.4 Å². The van der Waals surface area contributed by atoms with Gasteiger partial charge in [-0.3, -0.25) is 0 Å². The molecule has 0 radical (unpaired) electrons. The summed E-state index contributed by atoms with van der Waals surface area (Å²) in [5.74, 6) is 0.931. The van der Waals surface area contributed by atoms with Gasteiger partial charge in [0.2, 0.25) is 10.0 Å². The van der Waals surface area contributed by atoms with Crippen molar-refractivity contribution >= 4 is 32.8 Å². The van der Waals surface area contributed by atoms with Gasteiger partial charge < -0.3 is 8.98 Å². The van der Waals surface area contributed by atoms with Crippen LogP contribution in [0.2, 0.25) is 0 Å². The number of thioether (sulfide) groups is 1. The van der Waals surface area contributed by atoms with Gasteiger partial charge in [-0.05, 0) is 42.0 Å². The molecule has 0 spiro atoms. The first kappa shape index (κ1) is 25.3. The Morgan fingerprint density at radius 2 is 1.83 bits per heavy atom. The molecular formula is C24H24F3N3O3S2. The van der Waals surface area contributed by atoms with Crippen molar-refractivity contribution in [3.05, 3.63) is 77.7 Å². The summed E-state index contributed by atoms with van der Waals surface area (Å²) in [5.41, 5.74) is 0.986. The number of aromatic nitrogens is 2. The molecule has 0 fully saturated rings. The molecule has 0 saturated carbocycles. The summed E-state index contributed by atoms with van der Waals surface area (Å²) in [7, 11) is -3.67. The maximum Gasteiger partial charge on any atom is 0.416 e. The lowest BCUT2D eigenvalue weighted by molar-refractivity contribution is -0.137. The highest BCUT2D eigenvalue weighted by Gasteiger charge is 2.30. The molecule has 2 aromatic heterocycles. The maximum atomic E-state index is 13.1. The van der Waals surface area contributed by atoms with Crippen molar-refractivity contribution in [2.45, 2.75) is 42.4 Å². The van der Waals surface area contributed by atoms with Crippen LogP contribution in [-0.4, -0.2) is 35.4 Å². The predicted molar refractivity (Wildman–Crippen MR) is 129 cm³/mol. The summed E-state index contributed by atoms with van der Waals surface area (Å²) in [5, 5.41) is 0.547. The van der Waals surface area contributed by atoms with E-state index < -0.39 is 21.8 Å². The summed E-state index contributed by atoms with van der Waals surface area (Å²) in [6.07, 6.45) is -2.86. The Balaban J connectivity index is 1.71. The van der Waals surface area contributed by atoms with Gasteiger partial charge in [0.1, 0.15) is 5.76 Å². The van der Waals surface area contributed by atoms with Gasteiger partial charge >= 0.3 is 6.18 Å². The summed E-state index contributed by atoms with van der Waals surface area (Å²) in [6, 6.07) is 13.6. The third kappa shape index (κ3) is 5.41. The molecular weight excluding hydrogens is 499 g/mol. The Morgan fingerprint density at radius 1 is 1.06 bits per heavy atom. The Bertz CT molecular complexity index is 1410. The van der Waals surface area contributed by atoms with Gasteiger partial charge in [-0.2, -0.15) is 17.5 Å². The largest absolute Gasteiger partial charge is 0.467 e. The number of sulfonamides is 1. The van der Waals surface area contributed by atoms with Crippen molar-refractivity contribution < 1.29 is 26.0 Å². The molecule has 0 aliphatic carbocycles. The lowest BCUT2D eigenvalue weighted by atomic mass is 10.1. The number of imidazole rings is 1. The Morgan fingerprint density at radius 3 is 2.49 bits per heavy atom. The number of rotatable bonds is 9. The van der Waals surface area contributed by atoms with E-state index in [0.717, 1.165) is 12.1 Å². The van der Waals surface area contributed by atoms with Crippen LogP contribution in [0.15, 0.2) is 75.3 Å². The normalized spacial score (nSPS) is 12.6. The molecule has 2 heterocycles. The van der Waals surface area contributed by atoms with Crippen LogP contribution in [0.5, 0.6) is 0 Å². The average molecular weight is 524 g/mol. The number of hydrogen-bond donors (Lipinski definition) is 0. The number of benzene rings is 2. The zero-order chi connectivity index (χ0) is 25.2. The lowest BCUT2D eigenvalue weighted by Crippen LogP contribution is -2.30. The van der Waals surface area contributed by atoms with Crippen LogP contribution in [0.25, 0.3) is 11.0 Å². The lowest BCUT2D eigenvalue weighted by Gasteiger charge is -2.18. The number of furan rings is 1. The minimum atomic E-state index is -4.42. The quantitative estimate of drug-likeness (QED) is 0.251. The zero-order valence-corrected chi connectivity index (χ0v) is 20.8. The van der Waals surface area contributed by atoms with Crippen molar-refractivity contribution in [2.75, 3.05) is 13.1 Å². The highest BCUT2D eigenvalue weighted by molar-refractivity contribution is 7.98. The standard InChI is InChI=1S/C24H24F3N3O3S2/c1-3-29(4-2)35(31,32)20-10-11-22-21(14-20)28-23(30(22)15-19-9-6-12-33-19)34-16-17-7-5-8-18(13-17)24(25,26)27/h5-14H,3-4,15-16H2,1-2H3. The van der Waals surface area contributed by atoms with E-state index in [1.54, 1.807) is 44.4 Å². The van der Waals surface area contributed by atoms with Crippen LogP contribution in [0.3, 0.4) is 0 Å². The molecule has 0 N–H and O–H groups in total. The first-order valence-electron chi connectivity index (χ1n) is 10.9. The van der Waals surface area contributed by atoms with Crippen molar-refractivity contribution in [1.29, 1.82) is 0 Å². The summed E-state index contributed by atoms with van der Waals surface area (Å²) in [6.45, 7) is 4.60. The van der Waals surface area contributed by atoms with Crippen LogP contribution in [-0.2, 0) is 28.5 Å². The van der Waals surface area contributed by atoms with Gasteiger partial charge in [0.25, 0.3) is 0 Å². The van der Waals surface area contributed by atoms with Gasteiger partial charge in [0.05, 0.1) is 34.3 Å². The van der Waals surface area contributed by atoms with E-state index in [1.807, 2.05) is 10.6 Å². The van der Waals surface area contributed by atoms with Gasteiger partial charge in [0.15, 0.2) is 5.16 Å². The van der Waals surface area contributed by atoms with Crippen molar-refractivity contribution in [3.8, 4) is 0 Å². The fraction of sp³-hybridized carbons (Fsp3) is 0.292. The minimum Gasteiger partial charge on any atom is -0.467 e. The molecule has 6 nitrogen and oxygen atoms in total. The molecule has 11 heteroatoms. The molecule has 0 amide bonds. The second kappa shape index (κ2) is 10.1. The SMILES string of the molecule is CCN(CC)S(=O)(=O)c1ccc2c(c1)nc(SCc1cccc(C(F)(F)F)c1)n2Cc1ccco1. The topological polar surface area (TPSA) is 68.3 Å². The Hall–Kier alpha value is -2.76. The van der Waals surface area contributed by atoms with E-state index in [1.165, 1.54) is 28.2 Å². The van der Waals surface area contributed by atoms with E-state index in [9.17, 15) is 21.6 Å². The molecule has 0 atom stereocenters. The van der Waals surface area contributed by atoms with Crippen LogP contribution in [0.4, 0.5) is 13.2 Å². The fourth-order valence-corrected chi connectivity index (χ4v) is 6.20. The molecule has 0 aliphatic rings. The van der Waals surface area contributed by atoms with Gasteiger partial charge in [0, 0.05) is 18.8 Å². The average Bonchev–Trinajstić information content (AvgIpc) is 3.46. The van der Waals surface area contributed by atoms with E-state index in [-0.39, 0.29) is 10.6 Å². The van der Waals surface area contributed by atoms with Crippen LogP contribution >= 0.6 is 11.8 Å². The van der Waals surface area contributed by atoms with Crippen molar-refractivity contribution in [3.63, 3.8) is 0 Å². The molecule has 4 aromatic rings.